The Labute approximate surface area is 140 Å². The van der Waals surface area contributed by atoms with Crippen LogP contribution in [0.2, 0.25) is 0 Å². The molecule has 0 radical (unpaired) electrons. The summed E-state index contributed by atoms with van der Waals surface area (Å²) in [5.41, 5.74) is 0.397. The molecule has 0 aliphatic heterocycles. The number of rotatable bonds is 1. The van der Waals surface area contributed by atoms with Gasteiger partial charge in [-0.15, -0.1) is 0 Å². The highest BCUT2D eigenvalue weighted by atomic mass is 16.3. The summed E-state index contributed by atoms with van der Waals surface area (Å²) < 4.78 is 0. The molecule has 0 aromatic carbocycles. The topological polar surface area (TPSA) is 37.3 Å². The first-order valence-electron chi connectivity index (χ1n) is 10.2. The van der Waals surface area contributed by atoms with Crippen LogP contribution in [0.15, 0.2) is 0 Å². The minimum Gasteiger partial charge on any atom is -0.393 e. The highest BCUT2D eigenvalue weighted by Gasteiger charge is 2.76. The summed E-state index contributed by atoms with van der Waals surface area (Å²) in [6, 6.07) is 0. The van der Waals surface area contributed by atoms with Gasteiger partial charge in [0.15, 0.2) is 0 Å². The molecule has 2 heteroatoms. The zero-order chi connectivity index (χ0) is 16.0. The molecule has 0 heterocycles. The normalized spacial score (nSPS) is 60.2. The third-order valence-electron chi connectivity index (χ3n) is 9.61. The number of hydrogen-bond donors (Lipinski definition) is 1. The van der Waals surface area contributed by atoms with E-state index >= 15 is 0 Å². The standard InChI is InChI=1S/C21H32O2/c1-12(22)21-11-14(21)10-19-18-5-3-13-9-15(23)4-6-16(13)17(18)7-8-20(19,21)2/h13-19,23H,3-11H2,1-2H3/t13-,14-,15+,16-,17+,18+,19-,20-,21-/m0/s1. The molecule has 2 nitrogen and oxygen atoms in total. The number of aliphatic hydroxyl groups excluding tert-OH is 1. The maximum atomic E-state index is 12.5. The average molecular weight is 316 g/mol. The van der Waals surface area contributed by atoms with Crippen LogP contribution in [0.5, 0.6) is 0 Å². The summed E-state index contributed by atoms with van der Waals surface area (Å²) in [6.45, 7) is 4.36. The minimum atomic E-state index is -0.0261. The molecule has 0 spiro atoms. The SMILES string of the molecule is CC(=O)[C@@]12C[C@@H]1C[C@H]1[C@@H]3CC[C@H]4C[C@H](O)CC[C@@H]4[C@H]3CC[C@@]12C. The number of fused-ring (bicyclic) bond motifs is 7. The molecule has 0 aromatic rings. The van der Waals surface area contributed by atoms with Crippen molar-refractivity contribution in [3.63, 3.8) is 0 Å². The van der Waals surface area contributed by atoms with Crippen molar-refractivity contribution in [3.05, 3.63) is 0 Å². The second kappa shape index (κ2) is 4.62. The highest BCUT2D eigenvalue weighted by molar-refractivity contribution is 5.87. The molecule has 128 valence electrons. The van der Waals surface area contributed by atoms with E-state index in [4.69, 9.17) is 0 Å². The fourth-order valence-corrected chi connectivity index (χ4v) is 8.59. The van der Waals surface area contributed by atoms with Gasteiger partial charge in [-0.3, -0.25) is 4.79 Å². The Hall–Kier alpha value is -0.370. The molecule has 0 bridgehead atoms. The van der Waals surface area contributed by atoms with Crippen molar-refractivity contribution in [1.82, 2.24) is 0 Å². The van der Waals surface area contributed by atoms with Crippen molar-refractivity contribution < 1.29 is 9.90 Å². The first-order chi connectivity index (χ1) is 11.0. The molecule has 5 fully saturated rings. The third-order valence-corrected chi connectivity index (χ3v) is 9.61. The number of carbonyl (C=O) groups is 1. The number of aliphatic hydroxyl groups is 1. The van der Waals surface area contributed by atoms with Crippen LogP contribution in [-0.2, 0) is 4.79 Å². The lowest BCUT2D eigenvalue weighted by Gasteiger charge is -2.57. The Morgan fingerprint density at radius 3 is 2.57 bits per heavy atom. The minimum absolute atomic E-state index is 0.0261. The smallest absolute Gasteiger partial charge is 0.136 e. The van der Waals surface area contributed by atoms with E-state index < -0.39 is 0 Å². The van der Waals surface area contributed by atoms with Gasteiger partial charge in [-0.05, 0) is 106 Å². The van der Waals surface area contributed by atoms with Gasteiger partial charge in [-0.2, -0.15) is 0 Å². The third kappa shape index (κ3) is 1.72. The van der Waals surface area contributed by atoms with E-state index in [0.717, 1.165) is 48.3 Å². The Morgan fingerprint density at radius 1 is 1.00 bits per heavy atom. The first-order valence-corrected chi connectivity index (χ1v) is 10.2. The van der Waals surface area contributed by atoms with Crippen molar-refractivity contribution in [2.24, 2.45) is 46.3 Å². The summed E-state index contributed by atoms with van der Waals surface area (Å²) >= 11 is 0. The monoisotopic (exact) mass is 316 g/mol. The van der Waals surface area contributed by atoms with Crippen LogP contribution in [0.4, 0.5) is 0 Å². The summed E-state index contributed by atoms with van der Waals surface area (Å²) in [5.74, 6) is 5.50. The predicted molar refractivity (Wildman–Crippen MR) is 89.7 cm³/mol. The Kier molecular flexibility index (Phi) is 3.00. The molecule has 0 saturated heterocycles. The Balaban J connectivity index is 1.43. The van der Waals surface area contributed by atoms with E-state index in [9.17, 15) is 9.90 Å². The molecule has 5 aliphatic rings. The fourth-order valence-electron chi connectivity index (χ4n) is 8.59. The van der Waals surface area contributed by atoms with Crippen molar-refractivity contribution in [3.8, 4) is 0 Å². The van der Waals surface area contributed by atoms with Crippen molar-refractivity contribution in [2.45, 2.75) is 77.7 Å². The lowest BCUT2D eigenvalue weighted by Crippen LogP contribution is -2.51. The predicted octanol–water partition coefficient (Wildman–Crippen LogP) is 4.21. The lowest BCUT2D eigenvalue weighted by atomic mass is 9.48. The highest BCUT2D eigenvalue weighted by Crippen LogP contribution is 2.79. The van der Waals surface area contributed by atoms with Crippen LogP contribution in [-0.4, -0.2) is 17.0 Å². The van der Waals surface area contributed by atoms with Gasteiger partial charge in [0, 0.05) is 5.41 Å². The molecular weight excluding hydrogens is 284 g/mol. The molecule has 1 N–H and O–H groups in total. The van der Waals surface area contributed by atoms with E-state index in [0.29, 0.717) is 11.2 Å². The Morgan fingerprint density at radius 2 is 1.78 bits per heavy atom. The molecule has 0 unspecified atom stereocenters. The van der Waals surface area contributed by atoms with E-state index in [1.807, 2.05) is 6.92 Å². The maximum absolute atomic E-state index is 12.5. The van der Waals surface area contributed by atoms with Gasteiger partial charge >= 0.3 is 0 Å². The van der Waals surface area contributed by atoms with E-state index in [-0.39, 0.29) is 11.5 Å². The average Bonchev–Trinajstić information content (AvgIpc) is 3.20. The van der Waals surface area contributed by atoms with Gasteiger partial charge in [0.2, 0.25) is 0 Å². The lowest BCUT2D eigenvalue weighted by molar-refractivity contribution is -0.134. The van der Waals surface area contributed by atoms with E-state index in [1.54, 1.807) is 0 Å². The number of Topliss-reactive ketones (excluding diaryl/α,β-unsaturated/α-hetero) is 1. The van der Waals surface area contributed by atoms with E-state index in [2.05, 4.69) is 6.92 Å². The quantitative estimate of drug-likeness (QED) is 0.787. The van der Waals surface area contributed by atoms with Crippen molar-refractivity contribution in [2.75, 3.05) is 0 Å². The number of hydrogen-bond acceptors (Lipinski definition) is 2. The zero-order valence-electron chi connectivity index (χ0n) is 14.8. The Bertz CT molecular complexity index is 542. The van der Waals surface area contributed by atoms with Crippen LogP contribution in [0.3, 0.4) is 0 Å². The summed E-state index contributed by atoms with van der Waals surface area (Å²) in [6.07, 6.45) is 11.2. The van der Waals surface area contributed by atoms with Crippen LogP contribution in [0.25, 0.3) is 0 Å². The van der Waals surface area contributed by atoms with Crippen molar-refractivity contribution in [1.29, 1.82) is 0 Å². The molecule has 23 heavy (non-hydrogen) atoms. The second-order valence-corrected chi connectivity index (χ2v) is 10.0. The fraction of sp³-hybridized carbons (Fsp3) is 0.952. The molecular formula is C21H32O2. The van der Waals surface area contributed by atoms with Crippen LogP contribution in [0.1, 0.15) is 71.6 Å². The largest absolute Gasteiger partial charge is 0.393 e. The maximum Gasteiger partial charge on any atom is 0.136 e. The van der Waals surface area contributed by atoms with Crippen LogP contribution < -0.4 is 0 Å². The zero-order valence-corrected chi connectivity index (χ0v) is 14.8. The second-order valence-electron chi connectivity index (χ2n) is 10.0. The molecule has 0 aromatic heterocycles. The summed E-state index contributed by atoms with van der Waals surface area (Å²) in [7, 11) is 0. The molecule has 9 atom stereocenters. The number of carbonyl (C=O) groups excluding carboxylic acids is 1. The molecule has 5 aliphatic carbocycles. The van der Waals surface area contributed by atoms with Gasteiger partial charge in [0.05, 0.1) is 6.10 Å². The molecule has 5 rings (SSSR count). The van der Waals surface area contributed by atoms with Gasteiger partial charge in [0.25, 0.3) is 0 Å². The summed E-state index contributed by atoms with van der Waals surface area (Å²) in [4.78, 5) is 12.5. The van der Waals surface area contributed by atoms with E-state index in [1.165, 1.54) is 44.9 Å². The first kappa shape index (κ1) is 14.9. The van der Waals surface area contributed by atoms with Gasteiger partial charge in [0.1, 0.15) is 5.78 Å². The van der Waals surface area contributed by atoms with Crippen LogP contribution >= 0.6 is 0 Å². The molecule has 5 saturated carbocycles. The van der Waals surface area contributed by atoms with Gasteiger partial charge < -0.3 is 5.11 Å². The van der Waals surface area contributed by atoms with Crippen molar-refractivity contribution >= 4 is 5.78 Å². The molecule has 0 amide bonds. The van der Waals surface area contributed by atoms with Crippen LogP contribution in [0, 0.1) is 46.3 Å². The number of ketones is 1. The summed E-state index contributed by atoms with van der Waals surface area (Å²) in [5, 5.41) is 10.0. The van der Waals surface area contributed by atoms with Gasteiger partial charge in [-0.1, -0.05) is 6.92 Å². The van der Waals surface area contributed by atoms with Gasteiger partial charge in [-0.25, -0.2) is 0 Å².